The lowest BCUT2D eigenvalue weighted by atomic mass is 10.3. The van der Waals surface area contributed by atoms with Gasteiger partial charge in [0.25, 0.3) is 0 Å². The Balaban J connectivity index is 2.15. The van der Waals surface area contributed by atoms with E-state index in [0.717, 1.165) is 4.31 Å². The van der Waals surface area contributed by atoms with Crippen LogP contribution >= 0.6 is 28.1 Å². The molecule has 24 heavy (non-hydrogen) atoms. The zero-order chi connectivity index (χ0) is 17.9. The number of nitrogens with zero attached hydrogens (tertiary/aromatic N) is 1. The maximum Gasteiger partial charge on any atom is 0.242 e. The summed E-state index contributed by atoms with van der Waals surface area (Å²) in [7, 11) is -0.629. The Hall–Kier alpha value is -1.55. The molecule has 0 aliphatic rings. The summed E-state index contributed by atoms with van der Waals surface area (Å²) in [4.78, 5) is 0.134. The highest BCUT2D eigenvalue weighted by Crippen LogP contribution is 2.21. The number of thiocarbonyl (C=S) groups is 1. The number of halogens is 2. The lowest BCUT2D eigenvalue weighted by Gasteiger charge is -2.14. The van der Waals surface area contributed by atoms with Crippen LogP contribution in [0.15, 0.2) is 51.8 Å². The van der Waals surface area contributed by atoms with Gasteiger partial charge in [0.05, 0.1) is 10.6 Å². The van der Waals surface area contributed by atoms with Crippen molar-refractivity contribution in [1.29, 1.82) is 0 Å². The second kappa shape index (κ2) is 7.56. The molecule has 2 aromatic rings. The van der Waals surface area contributed by atoms with Gasteiger partial charge in [-0.3, -0.25) is 0 Å². The summed E-state index contributed by atoms with van der Waals surface area (Å²) in [6, 6.07) is 10.8. The van der Waals surface area contributed by atoms with Gasteiger partial charge in [0.1, 0.15) is 5.82 Å². The Kier molecular flexibility index (Phi) is 5.92. The number of benzene rings is 2. The predicted octanol–water partition coefficient (Wildman–Crippen LogP) is 3.65. The summed E-state index contributed by atoms with van der Waals surface area (Å²) in [6.07, 6.45) is 0. The molecule has 0 heterocycles. The van der Waals surface area contributed by atoms with Crippen molar-refractivity contribution in [3.05, 3.63) is 52.8 Å². The van der Waals surface area contributed by atoms with E-state index in [1.54, 1.807) is 24.3 Å². The van der Waals surface area contributed by atoms with Gasteiger partial charge < -0.3 is 10.6 Å². The SMILES string of the molecule is CN(C)S(=O)(=O)c1cccc(NC(=S)Nc2ccc(Br)cc2F)c1. The van der Waals surface area contributed by atoms with Gasteiger partial charge in [-0.25, -0.2) is 17.1 Å². The van der Waals surface area contributed by atoms with Crippen molar-refractivity contribution in [2.24, 2.45) is 0 Å². The highest BCUT2D eigenvalue weighted by molar-refractivity contribution is 9.10. The number of hydrogen-bond acceptors (Lipinski definition) is 3. The van der Waals surface area contributed by atoms with Crippen LogP contribution in [-0.4, -0.2) is 31.9 Å². The number of rotatable bonds is 4. The molecule has 2 rings (SSSR count). The van der Waals surface area contributed by atoms with Crippen LogP contribution in [0.2, 0.25) is 0 Å². The third-order valence-electron chi connectivity index (χ3n) is 3.05. The summed E-state index contributed by atoms with van der Waals surface area (Å²) in [5, 5.41) is 5.72. The smallest absolute Gasteiger partial charge is 0.242 e. The van der Waals surface area contributed by atoms with E-state index in [0.29, 0.717) is 10.2 Å². The largest absolute Gasteiger partial charge is 0.332 e. The Morgan fingerprint density at radius 3 is 2.50 bits per heavy atom. The van der Waals surface area contributed by atoms with Crippen LogP contribution in [0.25, 0.3) is 0 Å². The van der Waals surface area contributed by atoms with E-state index in [1.165, 1.54) is 32.3 Å². The molecule has 2 aromatic carbocycles. The quantitative estimate of drug-likeness (QED) is 0.723. The van der Waals surface area contributed by atoms with Crippen LogP contribution in [0, 0.1) is 5.82 Å². The van der Waals surface area contributed by atoms with E-state index in [1.807, 2.05) is 0 Å². The second-order valence-corrected chi connectivity index (χ2v) is 8.49. The minimum atomic E-state index is -3.54. The monoisotopic (exact) mass is 431 g/mol. The minimum Gasteiger partial charge on any atom is -0.332 e. The Bertz CT molecular complexity index is 873. The molecule has 0 fully saturated rings. The van der Waals surface area contributed by atoms with Gasteiger partial charge in [0, 0.05) is 24.3 Å². The molecule has 0 bridgehead atoms. The van der Waals surface area contributed by atoms with Gasteiger partial charge >= 0.3 is 0 Å². The molecule has 0 atom stereocenters. The fourth-order valence-corrected chi connectivity index (χ4v) is 3.33. The highest BCUT2D eigenvalue weighted by atomic mass is 79.9. The first-order valence-electron chi connectivity index (χ1n) is 6.76. The first-order valence-corrected chi connectivity index (χ1v) is 9.40. The van der Waals surface area contributed by atoms with Crippen molar-refractivity contribution in [1.82, 2.24) is 4.31 Å². The molecule has 0 aliphatic heterocycles. The number of sulfonamides is 1. The van der Waals surface area contributed by atoms with Crippen LogP contribution in [-0.2, 0) is 10.0 Å². The van der Waals surface area contributed by atoms with Crippen LogP contribution in [0.4, 0.5) is 15.8 Å². The second-order valence-electron chi connectivity index (χ2n) is 5.02. The fourth-order valence-electron chi connectivity index (χ4n) is 1.82. The first-order chi connectivity index (χ1) is 11.2. The van der Waals surface area contributed by atoms with Gasteiger partial charge in [-0.15, -0.1) is 0 Å². The van der Waals surface area contributed by atoms with Crippen LogP contribution in [0.1, 0.15) is 0 Å². The molecule has 0 saturated heterocycles. The Morgan fingerprint density at radius 2 is 1.88 bits per heavy atom. The maximum atomic E-state index is 13.8. The average molecular weight is 432 g/mol. The topological polar surface area (TPSA) is 61.4 Å². The van der Waals surface area contributed by atoms with E-state index in [-0.39, 0.29) is 15.7 Å². The molecule has 2 N–H and O–H groups in total. The standard InChI is InChI=1S/C15H15BrFN3O2S2/c1-20(2)24(21,22)12-5-3-4-11(9-12)18-15(23)19-14-7-6-10(16)8-13(14)17/h3-9H,1-2H3,(H2,18,19,23). The predicted molar refractivity (Wildman–Crippen MR) is 101 cm³/mol. The highest BCUT2D eigenvalue weighted by Gasteiger charge is 2.17. The van der Waals surface area contributed by atoms with Crippen molar-refractivity contribution in [2.75, 3.05) is 24.7 Å². The first kappa shape index (κ1) is 18.8. The summed E-state index contributed by atoms with van der Waals surface area (Å²) in [6.45, 7) is 0. The van der Waals surface area contributed by atoms with Gasteiger partial charge in [0.15, 0.2) is 5.11 Å². The molecule has 0 saturated carbocycles. The zero-order valence-corrected chi connectivity index (χ0v) is 16.1. The van der Waals surface area contributed by atoms with Gasteiger partial charge in [-0.05, 0) is 48.6 Å². The van der Waals surface area contributed by atoms with Crippen LogP contribution < -0.4 is 10.6 Å². The lowest BCUT2D eigenvalue weighted by molar-refractivity contribution is 0.521. The summed E-state index contributed by atoms with van der Waals surface area (Å²) in [5.74, 6) is -0.461. The summed E-state index contributed by atoms with van der Waals surface area (Å²) >= 11 is 8.32. The number of hydrogen-bond donors (Lipinski definition) is 2. The van der Waals surface area contributed by atoms with E-state index >= 15 is 0 Å². The van der Waals surface area contributed by atoms with Crippen LogP contribution in [0.5, 0.6) is 0 Å². The van der Waals surface area contributed by atoms with E-state index in [9.17, 15) is 12.8 Å². The van der Waals surface area contributed by atoms with Crippen molar-refractivity contribution < 1.29 is 12.8 Å². The Labute approximate surface area is 154 Å². The van der Waals surface area contributed by atoms with E-state index in [2.05, 4.69) is 26.6 Å². The third kappa shape index (κ3) is 4.50. The van der Waals surface area contributed by atoms with Gasteiger partial charge in [0.2, 0.25) is 10.0 Å². The molecule has 0 aliphatic carbocycles. The zero-order valence-electron chi connectivity index (χ0n) is 12.9. The number of anilines is 2. The molecule has 128 valence electrons. The van der Waals surface area contributed by atoms with Crippen molar-refractivity contribution in [3.8, 4) is 0 Å². The third-order valence-corrected chi connectivity index (χ3v) is 5.56. The van der Waals surface area contributed by atoms with Crippen molar-refractivity contribution >= 4 is 54.7 Å². The van der Waals surface area contributed by atoms with Gasteiger partial charge in [-0.2, -0.15) is 0 Å². The maximum absolute atomic E-state index is 13.8. The molecule has 0 radical (unpaired) electrons. The molecule has 9 heteroatoms. The molecule has 5 nitrogen and oxygen atoms in total. The summed E-state index contributed by atoms with van der Waals surface area (Å²) < 4.78 is 39.8. The van der Waals surface area contributed by atoms with Crippen molar-refractivity contribution in [2.45, 2.75) is 4.90 Å². The molecular formula is C15H15BrFN3O2S2. The number of nitrogens with one attached hydrogen (secondary N) is 2. The molecule has 0 spiro atoms. The Morgan fingerprint density at radius 1 is 1.17 bits per heavy atom. The molecule has 0 unspecified atom stereocenters. The average Bonchev–Trinajstić information content (AvgIpc) is 2.50. The van der Waals surface area contributed by atoms with Crippen LogP contribution in [0.3, 0.4) is 0 Å². The summed E-state index contributed by atoms with van der Waals surface area (Å²) in [5.41, 5.74) is 0.695. The molecular weight excluding hydrogens is 417 g/mol. The van der Waals surface area contributed by atoms with Gasteiger partial charge in [-0.1, -0.05) is 22.0 Å². The van der Waals surface area contributed by atoms with E-state index in [4.69, 9.17) is 12.2 Å². The van der Waals surface area contributed by atoms with Crippen molar-refractivity contribution in [3.63, 3.8) is 0 Å². The normalized spacial score (nSPS) is 11.4. The fraction of sp³-hybridized carbons (Fsp3) is 0.133. The molecule has 0 aromatic heterocycles. The van der Waals surface area contributed by atoms with E-state index < -0.39 is 15.8 Å². The minimum absolute atomic E-state index is 0.134. The molecule has 0 amide bonds. The lowest BCUT2D eigenvalue weighted by Crippen LogP contribution is -2.23.